The molecule has 102 valence electrons. The minimum atomic E-state index is -0.754. The van der Waals surface area contributed by atoms with Crippen molar-refractivity contribution in [1.29, 1.82) is 10.5 Å². The molecule has 0 bridgehead atoms. The molecule has 1 aromatic rings. The maximum Gasteiger partial charge on any atom is 0.252 e. The molecule has 1 saturated carbocycles. The average Bonchev–Trinajstić information content (AvgIpc) is 2.73. The van der Waals surface area contributed by atoms with Gasteiger partial charge in [-0.2, -0.15) is 10.5 Å². The van der Waals surface area contributed by atoms with Crippen LogP contribution in [0.4, 0.5) is 0 Å². The lowest BCUT2D eigenvalue weighted by Crippen LogP contribution is -2.47. The number of carbonyl (C=O) groups excluding carboxylic acids is 1. The summed E-state index contributed by atoms with van der Waals surface area (Å²) in [5, 5.41) is 21.2. The summed E-state index contributed by atoms with van der Waals surface area (Å²) < 4.78 is 0. The number of amides is 1. The Morgan fingerprint density at radius 2 is 1.85 bits per heavy atom. The van der Waals surface area contributed by atoms with Crippen LogP contribution in [0.15, 0.2) is 24.3 Å². The molecule has 20 heavy (non-hydrogen) atoms. The van der Waals surface area contributed by atoms with Gasteiger partial charge in [-0.15, -0.1) is 0 Å². The number of carbonyl (C=O) groups is 1. The van der Waals surface area contributed by atoms with Gasteiger partial charge in [0.1, 0.15) is 5.54 Å². The second kappa shape index (κ2) is 6.21. The summed E-state index contributed by atoms with van der Waals surface area (Å²) >= 11 is 0. The summed E-state index contributed by atoms with van der Waals surface area (Å²) in [6.45, 7) is 0. The molecule has 1 N–H and O–H groups in total. The van der Waals surface area contributed by atoms with Gasteiger partial charge in [0.15, 0.2) is 0 Å². The molecule has 0 aromatic heterocycles. The van der Waals surface area contributed by atoms with Crippen LogP contribution in [0.2, 0.25) is 0 Å². The molecule has 0 saturated heterocycles. The van der Waals surface area contributed by atoms with Crippen LogP contribution in [-0.4, -0.2) is 11.4 Å². The lowest BCUT2D eigenvalue weighted by Gasteiger charge is -2.26. The molecule has 0 spiro atoms. The zero-order chi connectivity index (χ0) is 14.4. The van der Waals surface area contributed by atoms with Gasteiger partial charge in [0.2, 0.25) is 0 Å². The standard InChI is InChI=1S/C16H17N3O/c17-11-13-6-5-7-14(10-13)15(20)19-16(12-18)8-3-1-2-4-9-16/h5-7,10H,1-4,8-9H2,(H,19,20). The highest BCUT2D eigenvalue weighted by molar-refractivity contribution is 5.95. The Morgan fingerprint density at radius 3 is 2.45 bits per heavy atom. The summed E-state index contributed by atoms with van der Waals surface area (Å²) in [5.74, 6) is -0.273. The number of hydrogen-bond donors (Lipinski definition) is 1. The van der Waals surface area contributed by atoms with Gasteiger partial charge in [-0.25, -0.2) is 0 Å². The topological polar surface area (TPSA) is 76.7 Å². The molecule has 1 fully saturated rings. The van der Waals surface area contributed by atoms with Gasteiger partial charge in [0, 0.05) is 5.56 Å². The Kier molecular flexibility index (Phi) is 4.38. The van der Waals surface area contributed by atoms with Crippen molar-refractivity contribution in [1.82, 2.24) is 5.32 Å². The quantitative estimate of drug-likeness (QED) is 0.837. The fourth-order valence-electron chi connectivity index (χ4n) is 2.62. The predicted octanol–water partition coefficient (Wildman–Crippen LogP) is 2.90. The molecule has 0 radical (unpaired) electrons. The molecule has 1 aromatic carbocycles. The SMILES string of the molecule is N#Cc1cccc(C(=O)NC2(C#N)CCCCCC2)c1. The second-order valence-electron chi connectivity index (χ2n) is 5.25. The van der Waals surface area contributed by atoms with Crippen molar-refractivity contribution in [3.63, 3.8) is 0 Å². The van der Waals surface area contributed by atoms with Gasteiger partial charge >= 0.3 is 0 Å². The lowest BCUT2D eigenvalue weighted by atomic mass is 9.91. The zero-order valence-corrected chi connectivity index (χ0v) is 11.4. The van der Waals surface area contributed by atoms with Crippen molar-refractivity contribution in [2.45, 2.75) is 44.1 Å². The first kappa shape index (κ1) is 14.1. The minimum Gasteiger partial charge on any atom is -0.334 e. The van der Waals surface area contributed by atoms with Crippen LogP contribution in [0, 0.1) is 22.7 Å². The molecule has 1 amide bonds. The summed E-state index contributed by atoms with van der Waals surface area (Å²) in [4.78, 5) is 12.3. The van der Waals surface area contributed by atoms with E-state index in [0.29, 0.717) is 24.0 Å². The second-order valence-corrected chi connectivity index (χ2v) is 5.25. The molecule has 0 atom stereocenters. The van der Waals surface area contributed by atoms with Crippen LogP contribution < -0.4 is 5.32 Å². The van der Waals surface area contributed by atoms with Crippen LogP contribution >= 0.6 is 0 Å². The van der Waals surface area contributed by atoms with E-state index < -0.39 is 5.54 Å². The minimum absolute atomic E-state index is 0.273. The predicted molar refractivity (Wildman–Crippen MR) is 74.7 cm³/mol. The number of benzene rings is 1. The van der Waals surface area contributed by atoms with E-state index in [1.54, 1.807) is 24.3 Å². The highest BCUT2D eigenvalue weighted by Gasteiger charge is 2.32. The van der Waals surface area contributed by atoms with Gasteiger partial charge in [0.25, 0.3) is 5.91 Å². The van der Waals surface area contributed by atoms with E-state index in [2.05, 4.69) is 11.4 Å². The van der Waals surface area contributed by atoms with Crippen molar-refractivity contribution in [3.05, 3.63) is 35.4 Å². The summed E-state index contributed by atoms with van der Waals surface area (Å²) in [7, 11) is 0. The van der Waals surface area contributed by atoms with Crippen molar-refractivity contribution >= 4 is 5.91 Å². The third kappa shape index (κ3) is 3.16. The molecule has 0 heterocycles. The lowest BCUT2D eigenvalue weighted by molar-refractivity contribution is 0.0913. The highest BCUT2D eigenvalue weighted by Crippen LogP contribution is 2.27. The van der Waals surface area contributed by atoms with E-state index in [1.807, 2.05) is 6.07 Å². The number of nitriles is 2. The summed E-state index contributed by atoms with van der Waals surface area (Å²) in [6.07, 6.45) is 5.56. The van der Waals surface area contributed by atoms with Gasteiger partial charge < -0.3 is 5.32 Å². The van der Waals surface area contributed by atoms with Crippen molar-refractivity contribution in [3.8, 4) is 12.1 Å². The Labute approximate surface area is 119 Å². The van der Waals surface area contributed by atoms with Crippen LogP contribution in [0.25, 0.3) is 0 Å². The molecule has 1 aliphatic rings. The zero-order valence-electron chi connectivity index (χ0n) is 11.4. The number of nitrogens with zero attached hydrogens (tertiary/aromatic N) is 2. The van der Waals surface area contributed by atoms with Gasteiger partial charge in [-0.1, -0.05) is 31.7 Å². The molecular weight excluding hydrogens is 250 g/mol. The van der Waals surface area contributed by atoms with Crippen molar-refractivity contribution in [2.75, 3.05) is 0 Å². The maximum absolute atomic E-state index is 12.3. The largest absolute Gasteiger partial charge is 0.334 e. The first-order valence-electron chi connectivity index (χ1n) is 6.93. The number of nitrogens with one attached hydrogen (secondary N) is 1. The fourth-order valence-corrected chi connectivity index (χ4v) is 2.62. The molecule has 1 aliphatic carbocycles. The summed E-state index contributed by atoms with van der Waals surface area (Å²) in [5.41, 5.74) is 0.128. The fraction of sp³-hybridized carbons (Fsp3) is 0.438. The monoisotopic (exact) mass is 267 g/mol. The Morgan fingerprint density at radius 1 is 1.15 bits per heavy atom. The van der Waals surface area contributed by atoms with Crippen LogP contribution in [-0.2, 0) is 0 Å². The molecule has 4 nitrogen and oxygen atoms in total. The molecule has 4 heteroatoms. The third-order valence-electron chi connectivity index (χ3n) is 3.78. The van der Waals surface area contributed by atoms with E-state index in [4.69, 9.17) is 5.26 Å². The van der Waals surface area contributed by atoms with Gasteiger partial charge in [-0.05, 0) is 31.0 Å². The smallest absolute Gasteiger partial charge is 0.252 e. The normalized spacial score (nSPS) is 17.3. The van der Waals surface area contributed by atoms with Crippen LogP contribution in [0.5, 0.6) is 0 Å². The number of rotatable bonds is 2. The Bertz CT molecular complexity index is 572. The summed E-state index contributed by atoms with van der Waals surface area (Å²) in [6, 6.07) is 10.9. The Balaban J connectivity index is 2.16. The van der Waals surface area contributed by atoms with E-state index in [-0.39, 0.29) is 5.91 Å². The van der Waals surface area contributed by atoms with Crippen molar-refractivity contribution < 1.29 is 4.79 Å². The molecule has 2 rings (SSSR count). The highest BCUT2D eigenvalue weighted by atomic mass is 16.1. The van der Waals surface area contributed by atoms with Crippen molar-refractivity contribution in [2.24, 2.45) is 0 Å². The Hall–Kier alpha value is -2.33. The van der Waals surface area contributed by atoms with E-state index in [9.17, 15) is 10.1 Å². The van der Waals surface area contributed by atoms with Crippen LogP contribution in [0.1, 0.15) is 54.4 Å². The molecule has 0 unspecified atom stereocenters. The third-order valence-corrected chi connectivity index (χ3v) is 3.78. The van der Waals surface area contributed by atoms with E-state index in [0.717, 1.165) is 25.7 Å². The molecule has 0 aliphatic heterocycles. The van der Waals surface area contributed by atoms with Gasteiger partial charge in [-0.3, -0.25) is 4.79 Å². The maximum atomic E-state index is 12.3. The van der Waals surface area contributed by atoms with E-state index in [1.165, 1.54) is 0 Å². The van der Waals surface area contributed by atoms with Gasteiger partial charge in [0.05, 0.1) is 17.7 Å². The van der Waals surface area contributed by atoms with Crippen LogP contribution in [0.3, 0.4) is 0 Å². The van der Waals surface area contributed by atoms with E-state index >= 15 is 0 Å². The first-order valence-corrected chi connectivity index (χ1v) is 6.93. The number of hydrogen-bond acceptors (Lipinski definition) is 3. The first-order chi connectivity index (χ1) is 9.69. The average molecular weight is 267 g/mol. The molecular formula is C16H17N3O.